The number of amides is 1. The highest BCUT2D eigenvalue weighted by molar-refractivity contribution is 5.83. The first-order valence-corrected chi connectivity index (χ1v) is 5.35. The van der Waals surface area contributed by atoms with E-state index in [0.717, 1.165) is 0 Å². The molecule has 16 heavy (non-hydrogen) atoms. The molecule has 0 aliphatic heterocycles. The van der Waals surface area contributed by atoms with E-state index < -0.39 is 16.8 Å². The Hall–Kier alpha value is -1.10. The molecule has 0 saturated carbocycles. The molecule has 1 amide bonds. The minimum Gasteiger partial charge on any atom is -0.481 e. The molecule has 0 spiro atoms. The van der Waals surface area contributed by atoms with Crippen molar-refractivity contribution in [3.8, 4) is 0 Å². The largest absolute Gasteiger partial charge is 0.481 e. The summed E-state index contributed by atoms with van der Waals surface area (Å²) in [6, 6.07) is 0. The van der Waals surface area contributed by atoms with Gasteiger partial charge in [-0.1, -0.05) is 13.8 Å². The number of nitrogens with one attached hydrogen (secondary N) is 1. The van der Waals surface area contributed by atoms with E-state index in [1.807, 2.05) is 0 Å². The average Bonchev–Trinajstić information content (AvgIpc) is 2.12. The summed E-state index contributed by atoms with van der Waals surface area (Å²) in [5.74, 6) is -1.06. The Balaban J connectivity index is 4.55. The van der Waals surface area contributed by atoms with Gasteiger partial charge in [-0.3, -0.25) is 9.59 Å². The molecule has 0 aromatic heterocycles. The Morgan fingerprint density at radius 1 is 1.19 bits per heavy atom. The molecule has 0 atom stereocenters. The molecule has 5 heteroatoms. The van der Waals surface area contributed by atoms with Crippen molar-refractivity contribution in [1.82, 2.24) is 5.32 Å². The number of rotatable bonds is 6. The molecule has 0 aliphatic carbocycles. The normalized spacial score (nSPS) is 12.3. The van der Waals surface area contributed by atoms with Gasteiger partial charge in [-0.15, -0.1) is 0 Å². The van der Waals surface area contributed by atoms with Crippen LogP contribution in [0.5, 0.6) is 0 Å². The van der Waals surface area contributed by atoms with Crippen LogP contribution in [0.2, 0.25) is 0 Å². The summed E-state index contributed by atoms with van der Waals surface area (Å²) in [6.07, 6.45) is 0.283. The first kappa shape index (κ1) is 14.9. The van der Waals surface area contributed by atoms with Crippen LogP contribution in [-0.2, 0) is 9.59 Å². The fourth-order valence-electron chi connectivity index (χ4n) is 1.69. The van der Waals surface area contributed by atoms with Gasteiger partial charge in [-0.25, -0.2) is 0 Å². The molecule has 0 fully saturated rings. The monoisotopic (exact) mass is 230 g/mol. The lowest BCUT2D eigenvalue weighted by Gasteiger charge is -2.30. The van der Waals surface area contributed by atoms with Gasteiger partial charge in [-0.2, -0.15) is 0 Å². The zero-order valence-corrected chi connectivity index (χ0v) is 10.5. The van der Waals surface area contributed by atoms with E-state index in [-0.39, 0.29) is 12.3 Å². The lowest BCUT2D eigenvalue weighted by Crippen LogP contribution is -2.43. The summed E-state index contributed by atoms with van der Waals surface area (Å²) >= 11 is 0. The Morgan fingerprint density at radius 2 is 1.69 bits per heavy atom. The third-order valence-electron chi connectivity index (χ3n) is 2.51. The van der Waals surface area contributed by atoms with Crippen molar-refractivity contribution >= 4 is 11.9 Å². The summed E-state index contributed by atoms with van der Waals surface area (Å²) in [7, 11) is 0. The van der Waals surface area contributed by atoms with E-state index in [0.29, 0.717) is 13.1 Å². The van der Waals surface area contributed by atoms with Crippen LogP contribution in [0.1, 0.15) is 34.1 Å². The molecular weight excluding hydrogens is 208 g/mol. The number of carbonyl (C=O) groups excluding carboxylic acids is 1. The number of hydrogen-bond donors (Lipinski definition) is 3. The average molecular weight is 230 g/mol. The predicted octanol–water partition coefficient (Wildman–Crippen LogP) is 0.588. The van der Waals surface area contributed by atoms with E-state index in [2.05, 4.69) is 5.32 Å². The number of carboxylic acid groups (broad SMARTS) is 1. The van der Waals surface area contributed by atoms with Gasteiger partial charge in [0.1, 0.15) is 0 Å². The fraction of sp³-hybridized carbons (Fsp3) is 0.818. The summed E-state index contributed by atoms with van der Waals surface area (Å²) in [4.78, 5) is 22.7. The Morgan fingerprint density at radius 3 is 2.06 bits per heavy atom. The second kappa shape index (κ2) is 5.30. The molecule has 4 N–H and O–H groups in total. The number of nitrogens with two attached hydrogens (primary N) is 1. The van der Waals surface area contributed by atoms with Gasteiger partial charge in [0.2, 0.25) is 5.91 Å². The lowest BCUT2D eigenvalue weighted by atomic mass is 9.74. The molecule has 0 radical (unpaired) electrons. The molecular formula is C11H22N2O3. The third kappa shape index (κ3) is 4.18. The standard InChI is InChI=1S/C11H22N2O3/c1-10(2,8(14)13-6-5-12)7-11(3,4)9(15)16/h5-7,12H2,1-4H3,(H,13,14)(H,15,16). The van der Waals surface area contributed by atoms with Gasteiger partial charge in [0.05, 0.1) is 5.41 Å². The number of carboxylic acids is 1. The minimum atomic E-state index is -0.913. The van der Waals surface area contributed by atoms with Gasteiger partial charge in [-0.05, 0) is 20.3 Å². The maximum Gasteiger partial charge on any atom is 0.309 e. The van der Waals surface area contributed by atoms with Crippen LogP contribution in [0.25, 0.3) is 0 Å². The van der Waals surface area contributed by atoms with Crippen LogP contribution in [0.3, 0.4) is 0 Å². The van der Waals surface area contributed by atoms with E-state index in [1.54, 1.807) is 27.7 Å². The van der Waals surface area contributed by atoms with Gasteiger partial charge >= 0.3 is 5.97 Å². The van der Waals surface area contributed by atoms with Crippen LogP contribution in [0.15, 0.2) is 0 Å². The molecule has 94 valence electrons. The molecule has 0 aromatic carbocycles. The van der Waals surface area contributed by atoms with Gasteiger partial charge in [0, 0.05) is 18.5 Å². The van der Waals surface area contributed by atoms with Crippen molar-refractivity contribution in [3.05, 3.63) is 0 Å². The maximum absolute atomic E-state index is 11.8. The van der Waals surface area contributed by atoms with Crippen LogP contribution >= 0.6 is 0 Å². The van der Waals surface area contributed by atoms with E-state index >= 15 is 0 Å². The number of carbonyl (C=O) groups is 2. The van der Waals surface area contributed by atoms with Crippen LogP contribution in [0, 0.1) is 10.8 Å². The summed E-state index contributed by atoms with van der Waals surface area (Å²) in [5.41, 5.74) is 3.66. The quantitative estimate of drug-likeness (QED) is 0.622. The number of hydrogen-bond acceptors (Lipinski definition) is 3. The number of aliphatic carboxylic acids is 1. The predicted molar refractivity (Wildman–Crippen MR) is 61.9 cm³/mol. The summed E-state index contributed by atoms with van der Waals surface area (Å²) < 4.78 is 0. The van der Waals surface area contributed by atoms with Crippen LogP contribution in [0.4, 0.5) is 0 Å². The third-order valence-corrected chi connectivity index (χ3v) is 2.51. The molecule has 0 bridgehead atoms. The minimum absolute atomic E-state index is 0.160. The highest BCUT2D eigenvalue weighted by Crippen LogP contribution is 2.33. The topological polar surface area (TPSA) is 92.4 Å². The molecule has 0 aliphatic rings. The molecule has 0 rings (SSSR count). The Bertz CT molecular complexity index is 272. The van der Waals surface area contributed by atoms with Crippen molar-refractivity contribution in [2.45, 2.75) is 34.1 Å². The molecule has 5 nitrogen and oxygen atoms in total. The van der Waals surface area contributed by atoms with Gasteiger partial charge < -0.3 is 16.2 Å². The SMILES string of the molecule is CC(C)(CC(C)(C)C(=O)NCCN)C(=O)O. The molecule has 0 saturated heterocycles. The van der Waals surface area contributed by atoms with Crippen molar-refractivity contribution in [2.75, 3.05) is 13.1 Å². The summed E-state index contributed by atoms with van der Waals surface area (Å²) in [6.45, 7) is 7.51. The Kier molecular flexibility index (Phi) is 4.93. The van der Waals surface area contributed by atoms with Gasteiger partial charge in [0.25, 0.3) is 0 Å². The Labute approximate surface area is 96.4 Å². The second-order valence-electron chi connectivity index (χ2n) is 5.29. The van der Waals surface area contributed by atoms with E-state index in [9.17, 15) is 9.59 Å². The second-order valence-corrected chi connectivity index (χ2v) is 5.29. The van der Waals surface area contributed by atoms with Crippen molar-refractivity contribution in [2.24, 2.45) is 16.6 Å². The van der Waals surface area contributed by atoms with Crippen molar-refractivity contribution < 1.29 is 14.7 Å². The maximum atomic E-state index is 11.8. The van der Waals surface area contributed by atoms with Crippen molar-refractivity contribution in [1.29, 1.82) is 0 Å². The highest BCUT2D eigenvalue weighted by Gasteiger charge is 2.38. The zero-order chi connectivity index (χ0) is 13.0. The lowest BCUT2D eigenvalue weighted by molar-refractivity contribution is -0.149. The first-order chi connectivity index (χ1) is 7.13. The van der Waals surface area contributed by atoms with E-state index in [1.165, 1.54) is 0 Å². The van der Waals surface area contributed by atoms with E-state index in [4.69, 9.17) is 10.8 Å². The fourth-order valence-corrected chi connectivity index (χ4v) is 1.69. The zero-order valence-electron chi connectivity index (χ0n) is 10.5. The van der Waals surface area contributed by atoms with Crippen molar-refractivity contribution in [3.63, 3.8) is 0 Å². The smallest absolute Gasteiger partial charge is 0.309 e. The van der Waals surface area contributed by atoms with Crippen LogP contribution < -0.4 is 11.1 Å². The molecule has 0 aromatic rings. The van der Waals surface area contributed by atoms with Crippen LogP contribution in [-0.4, -0.2) is 30.1 Å². The molecule has 0 unspecified atom stereocenters. The highest BCUT2D eigenvalue weighted by atomic mass is 16.4. The molecule has 0 heterocycles. The van der Waals surface area contributed by atoms with Gasteiger partial charge in [0.15, 0.2) is 0 Å². The summed E-state index contributed by atoms with van der Waals surface area (Å²) in [5, 5.41) is 11.7. The first-order valence-electron chi connectivity index (χ1n) is 5.35.